The van der Waals surface area contributed by atoms with E-state index in [1.165, 1.54) is 18.2 Å². The first-order chi connectivity index (χ1) is 17.7. The number of carbonyl (C=O) groups is 1. The minimum absolute atomic E-state index is 0.165. The van der Waals surface area contributed by atoms with Crippen molar-refractivity contribution in [3.8, 4) is 0 Å². The zero-order chi connectivity index (χ0) is 29.4. The summed E-state index contributed by atoms with van der Waals surface area (Å²) in [6.07, 6.45) is -20.2. The van der Waals surface area contributed by atoms with Crippen LogP contribution in [-0.4, -0.2) is 50.3 Å². The molecule has 16 heteroatoms. The SMILES string of the molecule is Nc1cc2c(cc1C(F)(C(F)(F)F)C(F)(F)F)CC[C@H]1N(C(=O)C(F)(F)F)CC[C@@]21S(=O)(=O)c1ccccc1. The number of alkyl halides is 10. The topological polar surface area (TPSA) is 80.5 Å². The third-order valence-corrected chi connectivity index (χ3v) is 9.79. The third-order valence-electron chi connectivity index (χ3n) is 7.25. The van der Waals surface area contributed by atoms with Gasteiger partial charge in [-0.1, -0.05) is 18.2 Å². The summed E-state index contributed by atoms with van der Waals surface area (Å²) in [5, 5.41) is 0. The molecule has 1 aliphatic heterocycles. The van der Waals surface area contributed by atoms with E-state index in [9.17, 15) is 57.1 Å². The van der Waals surface area contributed by atoms with Crippen molar-refractivity contribution in [2.24, 2.45) is 0 Å². The molecule has 2 aliphatic rings. The number of amides is 1. The lowest BCUT2D eigenvalue weighted by molar-refractivity contribution is -0.348. The maximum Gasteiger partial charge on any atom is 0.471 e. The summed E-state index contributed by atoms with van der Waals surface area (Å²) >= 11 is 0. The number of halogens is 10. The second-order valence-electron chi connectivity index (χ2n) is 9.26. The lowest BCUT2D eigenvalue weighted by Crippen LogP contribution is -2.54. The monoisotopic (exact) mass is 592 g/mol. The molecule has 1 aliphatic carbocycles. The van der Waals surface area contributed by atoms with Crippen molar-refractivity contribution in [2.45, 2.75) is 59.1 Å². The van der Waals surface area contributed by atoms with Crippen molar-refractivity contribution in [2.75, 3.05) is 12.3 Å². The third kappa shape index (κ3) is 4.04. The Bertz CT molecular complexity index is 1390. The Hall–Kier alpha value is -3.04. The summed E-state index contributed by atoms with van der Waals surface area (Å²) in [6, 6.07) is 5.10. The molecule has 0 radical (unpaired) electrons. The molecule has 0 unspecified atom stereocenters. The molecular weight excluding hydrogens is 574 g/mol. The maximum atomic E-state index is 14.9. The molecule has 0 saturated carbocycles. The summed E-state index contributed by atoms with van der Waals surface area (Å²) < 4.78 is 161. The molecule has 0 aromatic heterocycles. The van der Waals surface area contributed by atoms with E-state index in [0.29, 0.717) is 11.0 Å². The van der Waals surface area contributed by atoms with E-state index in [2.05, 4.69) is 0 Å². The van der Waals surface area contributed by atoms with E-state index >= 15 is 0 Å². The Morgan fingerprint density at radius 2 is 1.49 bits per heavy atom. The maximum absolute atomic E-state index is 14.9. The van der Waals surface area contributed by atoms with Gasteiger partial charge in [0, 0.05) is 17.8 Å². The first-order valence-corrected chi connectivity index (χ1v) is 12.6. The molecule has 1 heterocycles. The molecule has 0 spiro atoms. The van der Waals surface area contributed by atoms with Gasteiger partial charge in [0.05, 0.1) is 10.9 Å². The summed E-state index contributed by atoms with van der Waals surface area (Å²) in [5.74, 6) is -2.36. The fourth-order valence-electron chi connectivity index (χ4n) is 5.56. The Kier molecular flexibility index (Phi) is 6.48. The Balaban J connectivity index is 2.02. The lowest BCUT2D eigenvalue weighted by Gasteiger charge is -2.43. The Morgan fingerprint density at radius 1 is 0.923 bits per heavy atom. The molecule has 4 rings (SSSR count). The quantitative estimate of drug-likeness (QED) is 0.386. The van der Waals surface area contributed by atoms with Gasteiger partial charge >= 0.3 is 30.1 Å². The van der Waals surface area contributed by atoms with Crippen LogP contribution in [0.1, 0.15) is 29.5 Å². The number of benzene rings is 2. The standard InChI is InChI=1S/C23H18F10N2O3S/c24-20(22(28,29)30,23(31,32)33)15-10-12-6-7-17-19(14(12)11-16(15)34,8-9-35(17)18(36)21(25,26)27)39(37,38)13-4-2-1-3-5-13/h1-5,10-11,17H,6-9,34H2/t17-,19-/m1/s1. The van der Waals surface area contributed by atoms with Gasteiger partial charge in [-0.2, -0.15) is 39.5 Å². The number of fused-ring (bicyclic) bond motifs is 3. The minimum Gasteiger partial charge on any atom is -0.398 e. The number of sulfone groups is 1. The number of aryl methyl sites for hydroxylation is 1. The zero-order valence-corrected chi connectivity index (χ0v) is 20.2. The largest absolute Gasteiger partial charge is 0.471 e. The van der Waals surface area contributed by atoms with E-state index in [1.807, 2.05) is 0 Å². The van der Waals surface area contributed by atoms with E-state index in [0.717, 1.165) is 12.1 Å². The summed E-state index contributed by atoms with van der Waals surface area (Å²) in [5.41, 5.74) is -4.81. The number of carbonyl (C=O) groups excluding carboxylic acids is 1. The number of rotatable bonds is 3. The van der Waals surface area contributed by atoms with Crippen LogP contribution in [0.2, 0.25) is 0 Å². The fraction of sp³-hybridized carbons (Fsp3) is 0.435. The number of hydrogen-bond donors (Lipinski definition) is 1. The van der Waals surface area contributed by atoms with Crippen LogP contribution in [0, 0.1) is 0 Å². The molecule has 5 nitrogen and oxygen atoms in total. The number of nitrogen functional groups attached to an aromatic ring is 1. The number of hydrogen-bond acceptors (Lipinski definition) is 4. The molecule has 214 valence electrons. The van der Waals surface area contributed by atoms with Crippen LogP contribution in [-0.2, 0) is 31.5 Å². The highest BCUT2D eigenvalue weighted by Crippen LogP contribution is 2.58. The fourth-order valence-corrected chi connectivity index (χ4v) is 7.94. The number of nitrogens with zero attached hydrogens (tertiary/aromatic N) is 1. The zero-order valence-electron chi connectivity index (χ0n) is 19.4. The second-order valence-corrected chi connectivity index (χ2v) is 11.5. The summed E-state index contributed by atoms with van der Waals surface area (Å²) in [7, 11) is -4.76. The predicted molar refractivity (Wildman–Crippen MR) is 116 cm³/mol. The number of anilines is 1. The van der Waals surface area contributed by atoms with Gasteiger partial charge in [0.15, 0.2) is 9.84 Å². The van der Waals surface area contributed by atoms with Gasteiger partial charge in [-0.3, -0.25) is 4.79 Å². The van der Waals surface area contributed by atoms with Crippen molar-refractivity contribution in [1.82, 2.24) is 4.90 Å². The van der Waals surface area contributed by atoms with Gasteiger partial charge in [0.25, 0.3) is 0 Å². The second kappa shape index (κ2) is 8.73. The van der Waals surface area contributed by atoms with Crippen molar-refractivity contribution < 1.29 is 57.1 Å². The number of nitrogens with two attached hydrogens (primary N) is 1. The van der Waals surface area contributed by atoms with Crippen molar-refractivity contribution in [3.05, 3.63) is 59.2 Å². The van der Waals surface area contributed by atoms with Gasteiger partial charge in [0.1, 0.15) is 4.75 Å². The van der Waals surface area contributed by atoms with Gasteiger partial charge in [-0.15, -0.1) is 0 Å². The average molecular weight is 592 g/mol. The van der Waals surface area contributed by atoms with Gasteiger partial charge in [-0.05, 0) is 54.7 Å². The number of likely N-dealkylation sites (tertiary alicyclic amines) is 1. The van der Waals surface area contributed by atoms with E-state index in [-0.39, 0.29) is 6.07 Å². The first kappa shape index (κ1) is 29.0. The highest BCUT2D eigenvalue weighted by Gasteiger charge is 2.74. The van der Waals surface area contributed by atoms with Crippen molar-refractivity contribution in [1.29, 1.82) is 0 Å². The highest BCUT2D eigenvalue weighted by molar-refractivity contribution is 7.92. The molecule has 1 amide bonds. The molecular formula is C23H18F10N2O3S. The van der Waals surface area contributed by atoms with E-state index in [4.69, 9.17) is 5.73 Å². The Labute approximate surface area is 214 Å². The minimum atomic E-state index is -6.51. The molecule has 2 aromatic rings. The highest BCUT2D eigenvalue weighted by atomic mass is 32.2. The Morgan fingerprint density at radius 3 is 2.00 bits per heavy atom. The van der Waals surface area contributed by atoms with Gasteiger partial charge in [0.2, 0.25) is 0 Å². The van der Waals surface area contributed by atoms with Crippen LogP contribution in [0.25, 0.3) is 0 Å². The average Bonchev–Trinajstić information content (AvgIpc) is 3.22. The van der Waals surface area contributed by atoms with Crippen LogP contribution in [0.15, 0.2) is 47.4 Å². The van der Waals surface area contributed by atoms with Crippen LogP contribution < -0.4 is 5.73 Å². The molecule has 0 bridgehead atoms. The predicted octanol–water partition coefficient (Wildman–Crippen LogP) is 5.34. The summed E-state index contributed by atoms with van der Waals surface area (Å²) in [6.45, 7) is -0.742. The van der Waals surface area contributed by atoms with Gasteiger partial charge < -0.3 is 10.6 Å². The van der Waals surface area contributed by atoms with Gasteiger partial charge in [-0.25, -0.2) is 12.8 Å². The van der Waals surface area contributed by atoms with Crippen LogP contribution in [0.5, 0.6) is 0 Å². The van der Waals surface area contributed by atoms with E-state index < -0.39 is 104 Å². The van der Waals surface area contributed by atoms with E-state index in [1.54, 1.807) is 0 Å². The molecule has 1 fully saturated rings. The van der Waals surface area contributed by atoms with Crippen molar-refractivity contribution in [3.63, 3.8) is 0 Å². The van der Waals surface area contributed by atoms with Crippen LogP contribution in [0.3, 0.4) is 0 Å². The first-order valence-electron chi connectivity index (χ1n) is 11.1. The smallest absolute Gasteiger partial charge is 0.398 e. The molecule has 1 saturated heterocycles. The van der Waals surface area contributed by atoms with Crippen LogP contribution in [0.4, 0.5) is 49.6 Å². The lowest BCUT2D eigenvalue weighted by atomic mass is 9.76. The van der Waals surface area contributed by atoms with Crippen molar-refractivity contribution >= 4 is 21.4 Å². The van der Waals surface area contributed by atoms with Crippen LogP contribution >= 0.6 is 0 Å². The summed E-state index contributed by atoms with van der Waals surface area (Å²) in [4.78, 5) is 12.1. The molecule has 39 heavy (non-hydrogen) atoms. The molecule has 2 N–H and O–H groups in total. The molecule has 2 atom stereocenters. The normalized spacial score (nSPS) is 22.4. The molecule has 2 aromatic carbocycles.